The molecule has 2 rings (SSSR count). The summed E-state index contributed by atoms with van der Waals surface area (Å²) in [5.41, 5.74) is -1.49. The third-order valence-corrected chi connectivity index (χ3v) is 2.78. The summed E-state index contributed by atoms with van der Waals surface area (Å²) in [5.74, 6) is -0.144. The molecule has 0 bridgehead atoms. The van der Waals surface area contributed by atoms with E-state index in [0.29, 0.717) is 4.68 Å². The molecule has 0 radical (unpaired) electrons. The number of nitrogens with zero attached hydrogens (tertiary/aromatic N) is 3. The SMILES string of the molecule is CNc1nn(C(=O)Nc2cccc(C(F)(F)F)c2)cc1[N+](=O)[O-]. The van der Waals surface area contributed by atoms with Crippen LogP contribution in [0.1, 0.15) is 5.56 Å². The van der Waals surface area contributed by atoms with Crippen LogP contribution in [0.4, 0.5) is 35.2 Å². The lowest BCUT2D eigenvalue weighted by molar-refractivity contribution is -0.384. The predicted octanol–water partition coefficient (Wildman–Crippen LogP) is 2.93. The van der Waals surface area contributed by atoms with E-state index in [1.165, 1.54) is 13.1 Å². The second kappa shape index (κ2) is 5.94. The van der Waals surface area contributed by atoms with E-state index in [1.54, 1.807) is 0 Å². The van der Waals surface area contributed by atoms with E-state index in [9.17, 15) is 28.1 Å². The van der Waals surface area contributed by atoms with Crippen LogP contribution in [0.3, 0.4) is 0 Å². The maximum atomic E-state index is 12.6. The number of carbonyl (C=O) groups excluding carboxylic acids is 1. The highest BCUT2D eigenvalue weighted by Crippen LogP contribution is 2.30. The first-order valence-corrected chi connectivity index (χ1v) is 6.13. The van der Waals surface area contributed by atoms with Gasteiger partial charge in [-0.15, -0.1) is 5.10 Å². The Balaban J connectivity index is 2.24. The van der Waals surface area contributed by atoms with E-state index in [1.807, 2.05) is 0 Å². The lowest BCUT2D eigenvalue weighted by atomic mass is 10.2. The van der Waals surface area contributed by atoms with Crippen molar-refractivity contribution in [3.05, 3.63) is 46.1 Å². The number of hydrogen-bond donors (Lipinski definition) is 2. The number of aromatic nitrogens is 2. The van der Waals surface area contributed by atoms with Gasteiger partial charge in [-0.05, 0) is 18.2 Å². The Bertz CT molecular complexity index is 757. The summed E-state index contributed by atoms with van der Waals surface area (Å²) >= 11 is 0. The Labute approximate surface area is 127 Å². The van der Waals surface area contributed by atoms with Gasteiger partial charge in [-0.1, -0.05) is 6.07 Å². The quantitative estimate of drug-likeness (QED) is 0.666. The Morgan fingerprint density at radius 3 is 2.61 bits per heavy atom. The summed E-state index contributed by atoms with van der Waals surface area (Å²) in [7, 11) is 1.38. The number of benzene rings is 1. The molecule has 1 aromatic carbocycles. The van der Waals surface area contributed by atoms with Crippen molar-refractivity contribution in [2.75, 3.05) is 17.7 Å². The maximum Gasteiger partial charge on any atom is 0.416 e. The first-order valence-electron chi connectivity index (χ1n) is 6.13. The van der Waals surface area contributed by atoms with Gasteiger partial charge in [-0.2, -0.15) is 17.9 Å². The summed E-state index contributed by atoms with van der Waals surface area (Å²) in [6.45, 7) is 0. The van der Waals surface area contributed by atoms with Crippen LogP contribution in [0.15, 0.2) is 30.5 Å². The molecule has 11 heteroatoms. The minimum absolute atomic E-state index is 0.117. The average molecular weight is 329 g/mol. The Hall–Kier alpha value is -3.11. The molecule has 0 aliphatic carbocycles. The fourth-order valence-electron chi connectivity index (χ4n) is 1.73. The number of halogens is 3. The van der Waals surface area contributed by atoms with Crippen LogP contribution in [0.5, 0.6) is 0 Å². The third kappa shape index (κ3) is 3.56. The molecule has 2 N–H and O–H groups in total. The minimum atomic E-state index is -4.55. The van der Waals surface area contributed by atoms with Crippen molar-refractivity contribution in [3.63, 3.8) is 0 Å². The highest BCUT2D eigenvalue weighted by molar-refractivity contribution is 5.91. The van der Waals surface area contributed by atoms with Crippen LogP contribution in [0, 0.1) is 10.1 Å². The van der Waals surface area contributed by atoms with Crippen LogP contribution in [-0.4, -0.2) is 27.8 Å². The molecule has 1 heterocycles. The molecule has 0 fully saturated rings. The van der Waals surface area contributed by atoms with Crippen LogP contribution in [-0.2, 0) is 6.18 Å². The fraction of sp³-hybridized carbons (Fsp3) is 0.167. The molecule has 0 aliphatic heterocycles. The molecular formula is C12H10F3N5O3. The number of alkyl halides is 3. The van der Waals surface area contributed by atoms with Crippen molar-refractivity contribution in [3.8, 4) is 0 Å². The van der Waals surface area contributed by atoms with Crippen LogP contribution in [0.2, 0.25) is 0 Å². The van der Waals surface area contributed by atoms with E-state index in [4.69, 9.17) is 0 Å². The zero-order valence-electron chi connectivity index (χ0n) is 11.6. The maximum absolute atomic E-state index is 12.6. The standard InChI is InChI=1S/C12H10F3N5O3/c1-16-10-9(20(22)23)6-19(18-10)11(21)17-8-4-2-3-7(5-8)12(13,14)15/h2-6H,1H3,(H,16,18)(H,17,21). The van der Waals surface area contributed by atoms with Gasteiger partial charge in [0.05, 0.1) is 10.5 Å². The number of anilines is 2. The van der Waals surface area contributed by atoms with Gasteiger partial charge in [-0.3, -0.25) is 10.1 Å². The van der Waals surface area contributed by atoms with E-state index in [-0.39, 0.29) is 11.5 Å². The fourth-order valence-corrected chi connectivity index (χ4v) is 1.73. The third-order valence-electron chi connectivity index (χ3n) is 2.78. The molecule has 23 heavy (non-hydrogen) atoms. The molecule has 2 aromatic rings. The zero-order valence-corrected chi connectivity index (χ0v) is 11.6. The molecule has 0 atom stereocenters. The van der Waals surface area contributed by atoms with E-state index < -0.39 is 28.4 Å². The molecule has 0 saturated carbocycles. The highest BCUT2D eigenvalue weighted by atomic mass is 19.4. The minimum Gasteiger partial charge on any atom is -0.366 e. The van der Waals surface area contributed by atoms with E-state index in [2.05, 4.69) is 15.7 Å². The molecule has 8 nitrogen and oxygen atoms in total. The van der Waals surface area contributed by atoms with Crippen molar-refractivity contribution in [1.29, 1.82) is 0 Å². The number of nitrogens with one attached hydrogen (secondary N) is 2. The van der Waals surface area contributed by atoms with Crippen LogP contribution >= 0.6 is 0 Å². The lowest BCUT2D eigenvalue weighted by Crippen LogP contribution is -2.20. The van der Waals surface area contributed by atoms with Crippen molar-refractivity contribution in [1.82, 2.24) is 9.78 Å². The number of rotatable bonds is 3. The first kappa shape index (κ1) is 16.3. The van der Waals surface area contributed by atoms with Crippen LogP contribution < -0.4 is 10.6 Å². The van der Waals surface area contributed by atoms with Gasteiger partial charge in [0.2, 0.25) is 5.82 Å². The van der Waals surface area contributed by atoms with Gasteiger partial charge < -0.3 is 10.6 Å². The molecule has 122 valence electrons. The molecule has 1 aromatic heterocycles. The molecule has 0 saturated heterocycles. The molecule has 0 unspecified atom stereocenters. The Morgan fingerprint density at radius 1 is 1.39 bits per heavy atom. The van der Waals surface area contributed by atoms with Crippen molar-refractivity contribution in [2.45, 2.75) is 6.18 Å². The first-order chi connectivity index (χ1) is 10.7. The van der Waals surface area contributed by atoms with Gasteiger partial charge in [0.25, 0.3) is 0 Å². The van der Waals surface area contributed by atoms with Crippen molar-refractivity contribution >= 4 is 23.2 Å². The molecular weight excluding hydrogens is 319 g/mol. The summed E-state index contributed by atoms with van der Waals surface area (Å²) < 4.78 is 38.4. The zero-order chi connectivity index (χ0) is 17.2. The van der Waals surface area contributed by atoms with Crippen LogP contribution in [0.25, 0.3) is 0 Å². The topological polar surface area (TPSA) is 102 Å². The summed E-state index contributed by atoms with van der Waals surface area (Å²) in [6, 6.07) is 3.05. The number of nitro groups is 1. The van der Waals surface area contributed by atoms with E-state index >= 15 is 0 Å². The number of amides is 1. The largest absolute Gasteiger partial charge is 0.416 e. The van der Waals surface area contributed by atoms with Gasteiger partial charge in [-0.25, -0.2) is 4.79 Å². The molecule has 1 amide bonds. The van der Waals surface area contributed by atoms with E-state index in [0.717, 1.165) is 24.4 Å². The van der Waals surface area contributed by atoms with Crippen molar-refractivity contribution in [2.24, 2.45) is 0 Å². The predicted molar refractivity (Wildman–Crippen MR) is 74.3 cm³/mol. The van der Waals surface area contributed by atoms with Crippen molar-refractivity contribution < 1.29 is 22.9 Å². The summed E-state index contributed by atoms with van der Waals surface area (Å²) in [4.78, 5) is 22.0. The average Bonchev–Trinajstić information content (AvgIpc) is 2.91. The van der Waals surface area contributed by atoms with Gasteiger partial charge in [0, 0.05) is 12.7 Å². The van der Waals surface area contributed by atoms with Gasteiger partial charge >= 0.3 is 17.9 Å². The monoisotopic (exact) mass is 329 g/mol. The number of carbonyl (C=O) groups is 1. The second-order valence-electron chi connectivity index (χ2n) is 4.32. The smallest absolute Gasteiger partial charge is 0.366 e. The Morgan fingerprint density at radius 2 is 2.09 bits per heavy atom. The Kier molecular flexibility index (Phi) is 4.20. The number of hydrogen-bond acceptors (Lipinski definition) is 5. The van der Waals surface area contributed by atoms with Gasteiger partial charge in [0.1, 0.15) is 6.20 Å². The molecule has 0 aliphatic rings. The lowest BCUT2D eigenvalue weighted by Gasteiger charge is -2.09. The van der Waals surface area contributed by atoms with Gasteiger partial charge in [0.15, 0.2) is 0 Å². The summed E-state index contributed by atoms with van der Waals surface area (Å²) in [5, 5.41) is 19.1. The normalized spacial score (nSPS) is 11.1. The highest BCUT2D eigenvalue weighted by Gasteiger charge is 2.30. The second-order valence-corrected chi connectivity index (χ2v) is 4.32. The molecule has 0 spiro atoms. The summed E-state index contributed by atoms with van der Waals surface area (Å²) in [6.07, 6.45) is -3.70.